The Kier molecular flexibility index (Phi) is 4.17. The van der Waals surface area contributed by atoms with Crippen LogP contribution in [0.15, 0.2) is 40.9 Å². The molecule has 0 aliphatic carbocycles. The molecule has 0 aliphatic rings. The molecular formula is C12H12N2O4S2. The molecule has 0 spiro atoms. The first-order valence-corrected chi connectivity index (χ1v) is 8.01. The molecular weight excluding hydrogens is 300 g/mol. The van der Waals surface area contributed by atoms with Crippen molar-refractivity contribution in [2.45, 2.75) is 17.9 Å². The zero-order valence-electron chi connectivity index (χ0n) is 10.5. The van der Waals surface area contributed by atoms with Crippen LogP contribution in [0.1, 0.15) is 28.2 Å². The van der Waals surface area contributed by atoms with E-state index in [9.17, 15) is 13.2 Å². The molecule has 20 heavy (non-hydrogen) atoms. The SMILES string of the molecule is C[C@@H](NS(=O)(=O)c1ccsc1C(=O)O)c1cccnc1. The van der Waals surface area contributed by atoms with Crippen molar-refractivity contribution in [3.63, 3.8) is 0 Å². The lowest BCUT2D eigenvalue weighted by Crippen LogP contribution is -2.27. The van der Waals surface area contributed by atoms with Gasteiger partial charge in [0.2, 0.25) is 10.0 Å². The number of hydrogen-bond donors (Lipinski definition) is 2. The average Bonchev–Trinajstić information content (AvgIpc) is 2.89. The minimum absolute atomic E-state index is 0.198. The highest BCUT2D eigenvalue weighted by Crippen LogP contribution is 2.23. The standard InChI is InChI=1S/C12H12N2O4S2/c1-8(9-3-2-5-13-7-9)14-20(17,18)10-4-6-19-11(10)12(15)16/h2-8,14H,1H3,(H,15,16)/t8-/m1/s1. The fourth-order valence-electron chi connectivity index (χ4n) is 1.66. The van der Waals surface area contributed by atoms with Gasteiger partial charge in [-0.05, 0) is 30.0 Å². The maximum Gasteiger partial charge on any atom is 0.347 e. The van der Waals surface area contributed by atoms with E-state index < -0.39 is 22.0 Å². The number of hydrogen-bond acceptors (Lipinski definition) is 5. The summed E-state index contributed by atoms with van der Waals surface area (Å²) in [6.07, 6.45) is 3.14. The maximum absolute atomic E-state index is 12.2. The van der Waals surface area contributed by atoms with Gasteiger partial charge in [-0.2, -0.15) is 0 Å². The lowest BCUT2D eigenvalue weighted by atomic mass is 10.2. The number of sulfonamides is 1. The van der Waals surface area contributed by atoms with Crippen LogP contribution < -0.4 is 4.72 Å². The first-order valence-electron chi connectivity index (χ1n) is 5.65. The number of carboxylic acids is 1. The monoisotopic (exact) mass is 312 g/mol. The Morgan fingerprint density at radius 1 is 1.45 bits per heavy atom. The number of rotatable bonds is 5. The first-order chi connectivity index (χ1) is 9.42. The third kappa shape index (κ3) is 3.03. The molecule has 0 unspecified atom stereocenters. The Hall–Kier alpha value is -1.77. The molecule has 6 nitrogen and oxygen atoms in total. The molecule has 0 saturated carbocycles. The second kappa shape index (κ2) is 5.70. The summed E-state index contributed by atoms with van der Waals surface area (Å²) in [7, 11) is -3.89. The minimum atomic E-state index is -3.89. The summed E-state index contributed by atoms with van der Waals surface area (Å²) in [6.45, 7) is 1.67. The van der Waals surface area contributed by atoms with Crippen LogP contribution in [0.4, 0.5) is 0 Å². The van der Waals surface area contributed by atoms with Crippen LogP contribution in [0.2, 0.25) is 0 Å². The molecule has 0 saturated heterocycles. The van der Waals surface area contributed by atoms with Crippen LogP contribution in [0.25, 0.3) is 0 Å². The van der Waals surface area contributed by atoms with Crippen molar-refractivity contribution < 1.29 is 18.3 Å². The van der Waals surface area contributed by atoms with Gasteiger partial charge in [-0.1, -0.05) is 6.07 Å². The summed E-state index contributed by atoms with van der Waals surface area (Å²) in [5, 5.41) is 10.4. The molecule has 0 amide bonds. The van der Waals surface area contributed by atoms with Gasteiger partial charge >= 0.3 is 5.97 Å². The molecule has 8 heteroatoms. The van der Waals surface area contributed by atoms with Crippen molar-refractivity contribution in [2.75, 3.05) is 0 Å². The molecule has 1 atom stereocenters. The number of aromatic nitrogens is 1. The van der Waals surface area contributed by atoms with Crippen LogP contribution in [0.5, 0.6) is 0 Å². The number of carboxylic acid groups (broad SMARTS) is 1. The normalized spacial score (nSPS) is 13.1. The average molecular weight is 312 g/mol. The zero-order valence-corrected chi connectivity index (χ0v) is 12.1. The van der Waals surface area contributed by atoms with E-state index in [4.69, 9.17) is 5.11 Å². The van der Waals surface area contributed by atoms with Gasteiger partial charge in [0.15, 0.2) is 0 Å². The van der Waals surface area contributed by atoms with E-state index in [1.165, 1.54) is 11.4 Å². The zero-order chi connectivity index (χ0) is 14.8. The predicted octanol–water partition coefficient (Wildman–Crippen LogP) is 1.88. The molecule has 0 aromatic carbocycles. The molecule has 0 bridgehead atoms. The Balaban J connectivity index is 2.28. The van der Waals surface area contributed by atoms with Gasteiger partial charge in [0, 0.05) is 18.4 Å². The van der Waals surface area contributed by atoms with E-state index in [1.54, 1.807) is 31.5 Å². The number of carbonyl (C=O) groups is 1. The van der Waals surface area contributed by atoms with Crippen LogP contribution >= 0.6 is 11.3 Å². The maximum atomic E-state index is 12.2. The second-order valence-electron chi connectivity index (χ2n) is 4.05. The van der Waals surface area contributed by atoms with Crippen molar-refractivity contribution in [3.05, 3.63) is 46.4 Å². The van der Waals surface area contributed by atoms with Crippen molar-refractivity contribution in [1.82, 2.24) is 9.71 Å². The molecule has 2 aromatic heterocycles. The van der Waals surface area contributed by atoms with Crippen LogP contribution in [0.3, 0.4) is 0 Å². The summed E-state index contributed by atoms with van der Waals surface area (Å²) in [6, 6.07) is 4.22. The summed E-state index contributed by atoms with van der Waals surface area (Å²) in [5.74, 6) is -1.26. The predicted molar refractivity (Wildman–Crippen MR) is 74.3 cm³/mol. The molecule has 2 aromatic rings. The van der Waals surface area contributed by atoms with Crippen molar-refractivity contribution in [3.8, 4) is 0 Å². The Bertz CT molecular complexity index is 710. The summed E-state index contributed by atoms with van der Waals surface area (Å²) in [5.41, 5.74) is 0.697. The van der Waals surface area contributed by atoms with Crippen LogP contribution in [-0.4, -0.2) is 24.5 Å². The van der Waals surface area contributed by atoms with E-state index in [1.807, 2.05) is 0 Å². The minimum Gasteiger partial charge on any atom is -0.477 e. The van der Waals surface area contributed by atoms with Gasteiger partial charge in [0.1, 0.15) is 9.77 Å². The smallest absolute Gasteiger partial charge is 0.347 e. The molecule has 0 aliphatic heterocycles. The number of thiophene rings is 1. The molecule has 2 N–H and O–H groups in total. The Morgan fingerprint density at radius 2 is 2.20 bits per heavy atom. The lowest BCUT2D eigenvalue weighted by Gasteiger charge is -2.13. The number of pyridine rings is 1. The van der Waals surface area contributed by atoms with Gasteiger partial charge in [-0.25, -0.2) is 17.9 Å². The largest absolute Gasteiger partial charge is 0.477 e. The highest BCUT2D eigenvalue weighted by molar-refractivity contribution is 7.89. The molecule has 0 radical (unpaired) electrons. The fraction of sp³-hybridized carbons (Fsp3) is 0.167. The van der Waals surface area contributed by atoms with Crippen molar-refractivity contribution in [1.29, 1.82) is 0 Å². The number of nitrogens with one attached hydrogen (secondary N) is 1. The fourth-order valence-corrected chi connectivity index (χ4v) is 4.15. The van der Waals surface area contributed by atoms with Gasteiger partial charge in [0.05, 0.1) is 0 Å². The number of aromatic carboxylic acids is 1. The second-order valence-corrected chi connectivity index (χ2v) is 6.65. The number of nitrogens with zero attached hydrogens (tertiary/aromatic N) is 1. The van der Waals surface area contributed by atoms with Crippen molar-refractivity contribution >= 4 is 27.3 Å². The van der Waals surface area contributed by atoms with Gasteiger partial charge in [0.25, 0.3) is 0 Å². The van der Waals surface area contributed by atoms with E-state index in [-0.39, 0.29) is 9.77 Å². The summed E-state index contributed by atoms with van der Waals surface area (Å²) >= 11 is 0.876. The topological polar surface area (TPSA) is 96.4 Å². The highest BCUT2D eigenvalue weighted by Gasteiger charge is 2.25. The first kappa shape index (κ1) is 14.6. The molecule has 2 heterocycles. The third-order valence-electron chi connectivity index (χ3n) is 2.63. The lowest BCUT2D eigenvalue weighted by molar-refractivity contribution is 0.0698. The highest BCUT2D eigenvalue weighted by atomic mass is 32.2. The van der Waals surface area contributed by atoms with Gasteiger partial charge in [-0.3, -0.25) is 4.98 Å². The molecule has 106 valence electrons. The molecule has 2 rings (SSSR count). The van der Waals surface area contributed by atoms with E-state index >= 15 is 0 Å². The summed E-state index contributed by atoms with van der Waals surface area (Å²) in [4.78, 5) is 14.5. The van der Waals surface area contributed by atoms with Crippen molar-refractivity contribution in [2.24, 2.45) is 0 Å². The quantitative estimate of drug-likeness (QED) is 0.878. The van der Waals surface area contributed by atoms with E-state index in [2.05, 4.69) is 9.71 Å². The third-order valence-corrected chi connectivity index (χ3v) is 5.24. The Morgan fingerprint density at radius 3 is 2.80 bits per heavy atom. The van der Waals surface area contributed by atoms with Crippen LogP contribution in [0, 0.1) is 0 Å². The molecule has 0 fully saturated rings. The van der Waals surface area contributed by atoms with Gasteiger partial charge in [-0.15, -0.1) is 11.3 Å². The Labute approximate surface area is 120 Å². The van der Waals surface area contributed by atoms with Crippen LogP contribution in [-0.2, 0) is 10.0 Å². The van der Waals surface area contributed by atoms with E-state index in [0.717, 1.165) is 11.3 Å². The van der Waals surface area contributed by atoms with Gasteiger partial charge < -0.3 is 5.11 Å². The van der Waals surface area contributed by atoms with E-state index in [0.29, 0.717) is 5.56 Å². The summed E-state index contributed by atoms with van der Waals surface area (Å²) < 4.78 is 26.9.